The van der Waals surface area contributed by atoms with Crippen molar-refractivity contribution in [1.29, 1.82) is 0 Å². The van der Waals surface area contributed by atoms with Gasteiger partial charge in [-0.05, 0) is 37.3 Å². The first kappa shape index (κ1) is 17.7. The number of alkyl halides is 3. The minimum absolute atomic E-state index is 0.0970. The number of piperidine rings is 1. The molecule has 0 radical (unpaired) electrons. The predicted molar refractivity (Wildman–Crippen MR) is 79.5 cm³/mol. The van der Waals surface area contributed by atoms with Crippen LogP contribution in [0.2, 0.25) is 0 Å². The summed E-state index contributed by atoms with van der Waals surface area (Å²) in [6.45, 7) is 2.82. The average molecular weight is 350 g/mol. The number of anilines is 1. The SMILES string of the molecule is O=C(O)C(F)(F)F.O=C1N(c2ccsc2)CCC12CCCNC2. The third-order valence-electron chi connectivity index (χ3n) is 4.05. The molecule has 1 unspecified atom stereocenters. The van der Waals surface area contributed by atoms with E-state index >= 15 is 0 Å². The number of halogens is 3. The van der Waals surface area contributed by atoms with Gasteiger partial charge in [0.1, 0.15) is 0 Å². The second kappa shape index (κ2) is 6.88. The van der Waals surface area contributed by atoms with Crippen LogP contribution >= 0.6 is 11.3 Å². The zero-order valence-electron chi connectivity index (χ0n) is 12.2. The highest BCUT2D eigenvalue weighted by atomic mass is 32.1. The molecule has 0 aromatic carbocycles. The highest BCUT2D eigenvalue weighted by Crippen LogP contribution is 2.40. The third kappa shape index (κ3) is 4.03. The van der Waals surface area contributed by atoms with E-state index in [-0.39, 0.29) is 5.41 Å². The number of carbonyl (C=O) groups is 2. The van der Waals surface area contributed by atoms with Gasteiger partial charge in [0.15, 0.2) is 0 Å². The number of hydrogen-bond donors (Lipinski definition) is 2. The number of carboxylic acid groups (broad SMARTS) is 1. The van der Waals surface area contributed by atoms with E-state index in [0.29, 0.717) is 5.91 Å². The number of hydrogen-bond acceptors (Lipinski definition) is 4. The Kier molecular flexibility index (Phi) is 5.30. The number of nitrogens with zero attached hydrogens (tertiary/aromatic N) is 1. The predicted octanol–water partition coefficient (Wildman–Crippen LogP) is 2.49. The van der Waals surface area contributed by atoms with Crippen LogP contribution in [0.5, 0.6) is 0 Å². The largest absolute Gasteiger partial charge is 0.490 e. The average Bonchev–Trinajstić information content (AvgIpc) is 3.10. The first-order valence-corrected chi connectivity index (χ1v) is 8.05. The lowest BCUT2D eigenvalue weighted by Crippen LogP contribution is -2.45. The van der Waals surface area contributed by atoms with E-state index < -0.39 is 12.1 Å². The van der Waals surface area contributed by atoms with Crippen molar-refractivity contribution >= 4 is 28.9 Å². The Hall–Kier alpha value is -1.61. The molecule has 1 amide bonds. The Bertz CT molecular complexity index is 554. The lowest BCUT2D eigenvalue weighted by atomic mass is 9.79. The van der Waals surface area contributed by atoms with Gasteiger partial charge in [-0.3, -0.25) is 4.79 Å². The Labute approximate surface area is 135 Å². The Balaban J connectivity index is 0.000000236. The van der Waals surface area contributed by atoms with Crippen LogP contribution in [0.4, 0.5) is 18.9 Å². The minimum atomic E-state index is -5.08. The van der Waals surface area contributed by atoms with Gasteiger partial charge in [-0.15, -0.1) is 0 Å². The molecule has 1 atom stereocenters. The normalized spacial score (nSPS) is 24.5. The molecule has 3 rings (SSSR count). The maximum atomic E-state index is 12.5. The van der Waals surface area contributed by atoms with Crippen LogP contribution in [-0.2, 0) is 9.59 Å². The number of aliphatic carboxylic acids is 1. The third-order valence-corrected chi connectivity index (χ3v) is 4.72. The van der Waals surface area contributed by atoms with E-state index in [4.69, 9.17) is 9.90 Å². The Morgan fingerprint density at radius 3 is 2.57 bits per heavy atom. The summed E-state index contributed by atoms with van der Waals surface area (Å²) in [5, 5.41) is 14.6. The quantitative estimate of drug-likeness (QED) is 0.816. The topological polar surface area (TPSA) is 69.6 Å². The van der Waals surface area contributed by atoms with E-state index in [0.717, 1.165) is 44.6 Å². The molecule has 0 aliphatic carbocycles. The highest BCUT2D eigenvalue weighted by molar-refractivity contribution is 7.08. The summed E-state index contributed by atoms with van der Waals surface area (Å²) in [7, 11) is 0. The molecule has 1 spiro atoms. The van der Waals surface area contributed by atoms with Crippen LogP contribution in [-0.4, -0.2) is 42.8 Å². The summed E-state index contributed by atoms with van der Waals surface area (Å²) in [4.78, 5) is 23.3. The van der Waals surface area contributed by atoms with Crippen molar-refractivity contribution in [2.75, 3.05) is 24.5 Å². The van der Waals surface area contributed by atoms with Gasteiger partial charge in [0.05, 0.1) is 11.1 Å². The zero-order valence-corrected chi connectivity index (χ0v) is 13.0. The number of carboxylic acids is 1. The second-order valence-corrected chi connectivity index (χ2v) is 6.33. The molecule has 1 aromatic rings. The Morgan fingerprint density at radius 1 is 1.39 bits per heavy atom. The van der Waals surface area contributed by atoms with E-state index in [9.17, 15) is 18.0 Å². The van der Waals surface area contributed by atoms with Gasteiger partial charge in [0, 0.05) is 18.5 Å². The monoisotopic (exact) mass is 350 g/mol. The van der Waals surface area contributed by atoms with Crippen molar-refractivity contribution in [2.45, 2.75) is 25.4 Å². The lowest BCUT2D eigenvalue weighted by molar-refractivity contribution is -0.192. The molecule has 23 heavy (non-hydrogen) atoms. The van der Waals surface area contributed by atoms with E-state index in [2.05, 4.69) is 10.7 Å². The molecule has 3 heterocycles. The summed E-state index contributed by atoms with van der Waals surface area (Å²) in [5.74, 6) is -2.43. The lowest BCUT2D eigenvalue weighted by Gasteiger charge is -2.32. The standard InChI is InChI=1S/C12H16N2OS.C2HF3O2/c15-11-12(3-1-5-13-9-12)4-6-14(11)10-2-7-16-8-10;3-2(4,5)1(6)7/h2,7-8,13H,1,3-6,9H2;(H,6,7). The van der Waals surface area contributed by atoms with E-state index in [1.54, 1.807) is 11.3 Å². The van der Waals surface area contributed by atoms with Crippen molar-refractivity contribution in [3.63, 3.8) is 0 Å². The van der Waals surface area contributed by atoms with E-state index in [1.165, 1.54) is 0 Å². The van der Waals surface area contributed by atoms with Gasteiger partial charge in [0.2, 0.25) is 5.91 Å². The zero-order chi connectivity index (χ0) is 17.1. The molecule has 9 heteroatoms. The number of nitrogens with one attached hydrogen (secondary N) is 1. The molecule has 0 bridgehead atoms. The number of thiophene rings is 1. The van der Waals surface area contributed by atoms with Gasteiger partial charge >= 0.3 is 12.1 Å². The first-order valence-electron chi connectivity index (χ1n) is 7.11. The van der Waals surface area contributed by atoms with Crippen LogP contribution in [0.1, 0.15) is 19.3 Å². The molecular formula is C14H17F3N2O3S. The van der Waals surface area contributed by atoms with Crippen LogP contribution in [0.15, 0.2) is 16.8 Å². The molecule has 2 saturated heterocycles. The van der Waals surface area contributed by atoms with E-state index in [1.807, 2.05) is 16.3 Å². The van der Waals surface area contributed by atoms with Crippen LogP contribution in [0.25, 0.3) is 0 Å². The van der Waals surface area contributed by atoms with Crippen molar-refractivity contribution in [3.05, 3.63) is 16.8 Å². The summed E-state index contributed by atoms with van der Waals surface area (Å²) in [5.41, 5.74) is 0.984. The maximum Gasteiger partial charge on any atom is 0.490 e. The van der Waals surface area contributed by atoms with Gasteiger partial charge in [-0.2, -0.15) is 24.5 Å². The molecule has 2 fully saturated rings. The molecule has 2 aliphatic rings. The molecular weight excluding hydrogens is 333 g/mol. The summed E-state index contributed by atoms with van der Waals surface area (Å²) < 4.78 is 31.7. The minimum Gasteiger partial charge on any atom is -0.475 e. The second-order valence-electron chi connectivity index (χ2n) is 5.55. The number of rotatable bonds is 1. The maximum absolute atomic E-state index is 12.5. The van der Waals surface area contributed by atoms with Gasteiger partial charge < -0.3 is 15.3 Å². The fraction of sp³-hybridized carbons (Fsp3) is 0.571. The van der Waals surface area contributed by atoms with Crippen LogP contribution in [0, 0.1) is 5.41 Å². The van der Waals surface area contributed by atoms with Crippen LogP contribution < -0.4 is 10.2 Å². The summed E-state index contributed by atoms with van der Waals surface area (Å²) in [6, 6.07) is 2.04. The van der Waals surface area contributed by atoms with Crippen molar-refractivity contribution < 1.29 is 27.9 Å². The first-order chi connectivity index (χ1) is 10.8. The molecule has 5 nitrogen and oxygen atoms in total. The van der Waals surface area contributed by atoms with Gasteiger partial charge in [0.25, 0.3) is 0 Å². The van der Waals surface area contributed by atoms with Crippen molar-refractivity contribution in [2.24, 2.45) is 5.41 Å². The molecule has 2 aliphatic heterocycles. The highest BCUT2D eigenvalue weighted by Gasteiger charge is 2.47. The van der Waals surface area contributed by atoms with Gasteiger partial charge in [-0.1, -0.05) is 0 Å². The number of carbonyl (C=O) groups excluding carboxylic acids is 1. The van der Waals surface area contributed by atoms with Crippen LogP contribution in [0.3, 0.4) is 0 Å². The molecule has 1 aromatic heterocycles. The summed E-state index contributed by atoms with van der Waals surface area (Å²) >= 11 is 1.65. The molecule has 0 saturated carbocycles. The van der Waals surface area contributed by atoms with Crippen molar-refractivity contribution in [3.8, 4) is 0 Å². The number of amides is 1. The van der Waals surface area contributed by atoms with Gasteiger partial charge in [-0.25, -0.2) is 4.79 Å². The fourth-order valence-electron chi connectivity index (χ4n) is 2.84. The smallest absolute Gasteiger partial charge is 0.475 e. The fourth-order valence-corrected chi connectivity index (χ4v) is 3.48. The molecule has 2 N–H and O–H groups in total. The molecule has 128 valence electrons. The van der Waals surface area contributed by atoms with Crippen molar-refractivity contribution in [1.82, 2.24) is 5.32 Å². The summed E-state index contributed by atoms with van der Waals surface area (Å²) in [6.07, 6.45) is -1.89. The Morgan fingerprint density at radius 2 is 2.09 bits per heavy atom.